The van der Waals surface area contributed by atoms with Gasteiger partial charge in [0.1, 0.15) is 5.60 Å². The van der Waals surface area contributed by atoms with Crippen molar-refractivity contribution >= 4 is 6.09 Å². The summed E-state index contributed by atoms with van der Waals surface area (Å²) in [5.74, 6) is 0.527. The molecule has 0 aromatic carbocycles. The molecule has 0 aliphatic heterocycles. The van der Waals surface area contributed by atoms with E-state index in [0.717, 1.165) is 25.9 Å². The minimum atomic E-state index is -0.404. The third-order valence-corrected chi connectivity index (χ3v) is 2.37. The summed E-state index contributed by atoms with van der Waals surface area (Å²) in [5.41, 5.74) is -0.404. The first-order valence-electron chi connectivity index (χ1n) is 6.28. The number of rotatable bonds is 5. The normalized spacial score (nSPS) is 13.4. The summed E-state index contributed by atoms with van der Waals surface area (Å²) in [6, 6.07) is 0. The molecule has 0 saturated carbocycles. The Bertz CT molecular complexity index is 208. The van der Waals surface area contributed by atoms with Gasteiger partial charge >= 0.3 is 6.09 Å². The van der Waals surface area contributed by atoms with E-state index in [-0.39, 0.29) is 6.09 Å². The van der Waals surface area contributed by atoms with E-state index in [0.29, 0.717) is 5.92 Å². The Morgan fingerprint density at radius 1 is 1.31 bits per heavy atom. The Hall–Kier alpha value is -0.730. The zero-order valence-electron chi connectivity index (χ0n) is 11.7. The summed E-state index contributed by atoms with van der Waals surface area (Å²) in [5, 5.41) is 0. The van der Waals surface area contributed by atoms with Gasteiger partial charge in [-0.3, -0.25) is 0 Å². The van der Waals surface area contributed by atoms with Gasteiger partial charge in [-0.15, -0.1) is 0 Å². The molecule has 3 nitrogen and oxygen atoms in total. The first-order valence-corrected chi connectivity index (χ1v) is 6.28. The number of nitrogens with zero attached hydrogens (tertiary/aromatic N) is 1. The summed E-state index contributed by atoms with van der Waals surface area (Å²) in [6.45, 7) is 13.7. The van der Waals surface area contributed by atoms with Gasteiger partial charge in [-0.2, -0.15) is 0 Å². The molecule has 1 atom stereocenters. The Morgan fingerprint density at radius 3 is 2.25 bits per heavy atom. The van der Waals surface area contributed by atoms with Crippen LogP contribution in [-0.2, 0) is 4.74 Å². The summed E-state index contributed by atoms with van der Waals surface area (Å²) in [7, 11) is 0. The molecule has 16 heavy (non-hydrogen) atoms. The van der Waals surface area contributed by atoms with E-state index in [1.165, 1.54) is 0 Å². The van der Waals surface area contributed by atoms with Crippen LogP contribution in [0.5, 0.6) is 0 Å². The van der Waals surface area contributed by atoms with E-state index in [4.69, 9.17) is 4.74 Å². The second kappa shape index (κ2) is 6.77. The summed E-state index contributed by atoms with van der Waals surface area (Å²) in [4.78, 5) is 13.7. The van der Waals surface area contributed by atoms with E-state index < -0.39 is 5.60 Å². The molecule has 0 aromatic heterocycles. The number of carbonyl (C=O) groups is 1. The van der Waals surface area contributed by atoms with Crippen LogP contribution in [0.2, 0.25) is 0 Å². The smallest absolute Gasteiger partial charge is 0.410 e. The number of amides is 1. The van der Waals surface area contributed by atoms with Gasteiger partial charge < -0.3 is 9.64 Å². The molecule has 3 heteroatoms. The lowest BCUT2D eigenvalue weighted by Crippen LogP contribution is -2.39. The van der Waals surface area contributed by atoms with Crippen LogP contribution in [0.3, 0.4) is 0 Å². The number of carbonyl (C=O) groups excluding carboxylic acids is 1. The van der Waals surface area contributed by atoms with Crippen LogP contribution >= 0.6 is 0 Å². The molecule has 0 fully saturated rings. The molecular formula is C13H27NO2. The summed E-state index contributed by atoms with van der Waals surface area (Å²) < 4.78 is 5.38. The Kier molecular flexibility index (Phi) is 6.46. The summed E-state index contributed by atoms with van der Waals surface area (Å²) in [6.07, 6.45) is 1.87. The molecule has 0 rings (SSSR count). The highest BCUT2D eigenvalue weighted by atomic mass is 16.6. The Balaban J connectivity index is 4.34. The van der Waals surface area contributed by atoms with Gasteiger partial charge in [-0.05, 0) is 33.1 Å². The SMILES string of the molecule is CCCN(CC(C)CC)C(=O)OC(C)(C)C. The Labute approximate surface area is 100 Å². The molecule has 0 saturated heterocycles. The molecule has 0 N–H and O–H groups in total. The second-order valence-corrected chi connectivity index (χ2v) is 5.44. The predicted molar refractivity (Wildman–Crippen MR) is 67.6 cm³/mol. The van der Waals surface area contributed by atoms with Crippen molar-refractivity contribution in [2.75, 3.05) is 13.1 Å². The number of hydrogen-bond acceptors (Lipinski definition) is 2. The van der Waals surface area contributed by atoms with Crippen LogP contribution in [0.4, 0.5) is 4.79 Å². The third-order valence-electron chi connectivity index (χ3n) is 2.37. The highest BCUT2D eigenvalue weighted by Crippen LogP contribution is 2.12. The third kappa shape index (κ3) is 6.70. The van der Waals surface area contributed by atoms with E-state index in [9.17, 15) is 4.79 Å². The lowest BCUT2D eigenvalue weighted by atomic mass is 10.1. The molecule has 0 aliphatic rings. The molecule has 96 valence electrons. The average molecular weight is 229 g/mol. The molecule has 1 amide bonds. The predicted octanol–water partition coefficient (Wildman–Crippen LogP) is 3.68. The number of hydrogen-bond donors (Lipinski definition) is 0. The van der Waals surface area contributed by atoms with Crippen molar-refractivity contribution in [3.63, 3.8) is 0 Å². The highest BCUT2D eigenvalue weighted by Gasteiger charge is 2.22. The standard InChI is InChI=1S/C13H27NO2/c1-7-9-14(10-11(3)8-2)12(15)16-13(4,5)6/h11H,7-10H2,1-6H3. The van der Waals surface area contributed by atoms with Crippen molar-refractivity contribution in [1.29, 1.82) is 0 Å². The lowest BCUT2D eigenvalue weighted by molar-refractivity contribution is 0.0223. The molecular weight excluding hydrogens is 202 g/mol. The fourth-order valence-corrected chi connectivity index (χ4v) is 1.36. The minimum absolute atomic E-state index is 0.186. The van der Waals surface area contributed by atoms with Gasteiger partial charge in [0.15, 0.2) is 0 Å². The molecule has 0 aliphatic carbocycles. The van der Waals surface area contributed by atoms with Crippen LogP contribution < -0.4 is 0 Å². The van der Waals surface area contributed by atoms with Crippen molar-refractivity contribution < 1.29 is 9.53 Å². The maximum absolute atomic E-state index is 11.9. The highest BCUT2D eigenvalue weighted by molar-refractivity contribution is 5.68. The van der Waals surface area contributed by atoms with Crippen LogP contribution in [0, 0.1) is 5.92 Å². The maximum atomic E-state index is 11.9. The van der Waals surface area contributed by atoms with Crippen molar-refractivity contribution in [1.82, 2.24) is 4.90 Å². The zero-order chi connectivity index (χ0) is 12.8. The van der Waals surface area contributed by atoms with Crippen molar-refractivity contribution in [3.8, 4) is 0 Å². The second-order valence-electron chi connectivity index (χ2n) is 5.44. The number of ether oxygens (including phenoxy) is 1. The first-order chi connectivity index (χ1) is 7.30. The molecule has 0 aromatic rings. The summed E-state index contributed by atoms with van der Waals surface area (Å²) >= 11 is 0. The lowest BCUT2D eigenvalue weighted by Gasteiger charge is -2.28. The Morgan fingerprint density at radius 2 is 1.88 bits per heavy atom. The van der Waals surface area contributed by atoms with Crippen LogP contribution in [0.1, 0.15) is 54.4 Å². The van der Waals surface area contributed by atoms with Crippen molar-refractivity contribution in [3.05, 3.63) is 0 Å². The van der Waals surface area contributed by atoms with Gasteiger partial charge in [0.25, 0.3) is 0 Å². The molecule has 0 radical (unpaired) electrons. The quantitative estimate of drug-likeness (QED) is 0.719. The van der Waals surface area contributed by atoms with Gasteiger partial charge in [-0.25, -0.2) is 4.79 Å². The fraction of sp³-hybridized carbons (Fsp3) is 0.923. The van der Waals surface area contributed by atoms with E-state index in [1.54, 1.807) is 0 Å². The largest absolute Gasteiger partial charge is 0.444 e. The average Bonchev–Trinajstić information content (AvgIpc) is 2.14. The van der Waals surface area contributed by atoms with Crippen LogP contribution in [0.15, 0.2) is 0 Å². The maximum Gasteiger partial charge on any atom is 0.410 e. The van der Waals surface area contributed by atoms with Crippen LogP contribution in [-0.4, -0.2) is 29.7 Å². The van der Waals surface area contributed by atoms with E-state index in [2.05, 4.69) is 20.8 Å². The molecule has 0 spiro atoms. The fourth-order valence-electron chi connectivity index (χ4n) is 1.36. The van der Waals surface area contributed by atoms with Crippen molar-refractivity contribution in [2.45, 2.75) is 60.0 Å². The molecule has 0 heterocycles. The molecule has 1 unspecified atom stereocenters. The van der Waals surface area contributed by atoms with Gasteiger partial charge in [0, 0.05) is 13.1 Å². The molecule has 0 bridgehead atoms. The van der Waals surface area contributed by atoms with Crippen molar-refractivity contribution in [2.24, 2.45) is 5.92 Å². The first kappa shape index (κ1) is 15.3. The van der Waals surface area contributed by atoms with Crippen LogP contribution in [0.25, 0.3) is 0 Å². The van der Waals surface area contributed by atoms with Gasteiger partial charge in [0.2, 0.25) is 0 Å². The topological polar surface area (TPSA) is 29.5 Å². The van der Waals surface area contributed by atoms with Gasteiger partial charge in [-0.1, -0.05) is 27.2 Å². The minimum Gasteiger partial charge on any atom is -0.444 e. The van der Waals surface area contributed by atoms with E-state index >= 15 is 0 Å². The van der Waals surface area contributed by atoms with Gasteiger partial charge in [0.05, 0.1) is 0 Å². The monoisotopic (exact) mass is 229 g/mol. The zero-order valence-corrected chi connectivity index (χ0v) is 11.7. The van der Waals surface area contributed by atoms with E-state index in [1.807, 2.05) is 25.7 Å².